The molecule has 1 aromatic rings. The molecule has 0 unspecified atom stereocenters. The van der Waals surface area contributed by atoms with Gasteiger partial charge in [-0.05, 0) is 106 Å². The third-order valence-corrected chi connectivity index (χ3v) is 10.4. The Balaban J connectivity index is 1.46. The van der Waals surface area contributed by atoms with Gasteiger partial charge in [-0.15, -0.1) is 0 Å². The second-order valence-corrected chi connectivity index (χ2v) is 11.7. The van der Waals surface area contributed by atoms with Crippen LogP contribution in [0.4, 0.5) is 0 Å². The van der Waals surface area contributed by atoms with Gasteiger partial charge < -0.3 is 10.2 Å². The van der Waals surface area contributed by atoms with Crippen molar-refractivity contribution in [3.63, 3.8) is 0 Å². The first-order chi connectivity index (χ1) is 14.1. The molecule has 4 saturated carbocycles. The highest BCUT2D eigenvalue weighted by molar-refractivity contribution is 5.59. The van der Waals surface area contributed by atoms with Crippen molar-refractivity contribution in [2.45, 2.75) is 91.3 Å². The summed E-state index contributed by atoms with van der Waals surface area (Å²) >= 11 is 0. The fourth-order valence-electron chi connectivity index (χ4n) is 8.42. The van der Waals surface area contributed by atoms with Crippen LogP contribution in [0.1, 0.15) is 82.2 Å². The van der Waals surface area contributed by atoms with Gasteiger partial charge in [-0.1, -0.05) is 13.8 Å². The standard InChI is InChI=1S/C26H40N2O2/c1-15-21(16(2)28(5)27-15)12-17-13-23-20-7-6-18-14-19(29)8-10-25(18,3)22(20)9-11-26(23,4)24(17)30/h12,18-20,22-24,29-30H,6-11,13-14H2,1-5H3/b17-12-/t18-,19-,20-,22+,23+,24-,25-,26-/m0/s1. The van der Waals surface area contributed by atoms with Crippen molar-refractivity contribution in [1.29, 1.82) is 0 Å². The summed E-state index contributed by atoms with van der Waals surface area (Å²) in [4.78, 5) is 0. The molecule has 0 bridgehead atoms. The molecule has 0 aliphatic heterocycles. The van der Waals surface area contributed by atoms with Crippen LogP contribution < -0.4 is 0 Å². The van der Waals surface area contributed by atoms with Crippen molar-refractivity contribution in [2.24, 2.45) is 41.5 Å². The highest BCUT2D eigenvalue weighted by Gasteiger charge is 2.61. The monoisotopic (exact) mass is 412 g/mol. The van der Waals surface area contributed by atoms with Gasteiger partial charge in [0.1, 0.15) is 0 Å². The molecule has 5 rings (SSSR count). The fraction of sp³-hybridized carbons (Fsp3) is 0.808. The van der Waals surface area contributed by atoms with Crippen LogP contribution in [0.25, 0.3) is 6.08 Å². The Morgan fingerprint density at radius 1 is 1.00 bits per heavy atom. The lowest BCUT2D eigenvalue weighted by Gasteiger charge is -2.60. The second-order valence-electron chi connectivity index (χ2n) is 11.7. The summed E-state index contributed by atoms with van der Waals surface area (Å²) in [5.74, 6) is 2.75. The number of rotatable bonds is 1. The zero-order valence-electron chi connectivity index (χ0n) is 19.5. The Bertz CT molecular complexity index is 873. The van der Waals surface area contributed by atoms with E-state index in [-0.39, 0.29) is 17.6 Å². The smallest absolute Gasteiger partial charge is 0.0809 e. The Morgan fingerprint density at radius 2 is 1.73 bits per heavy atom. The number of hydrogen-bond acceptors (Lipinski definition) is 3. The molecule has 0 radical (unpaired) electrons. The van der Waals surface area contributed by atoms with Crippen molar-refractivity contribution < 1.29 is 10.2 Å². The first-order valence-electron chi connectivity index (χ1n) is 12.2. The van der Waals surface area contributed by atoms with E-state index in [9.17, 15) is 10.2 Å². The third-order valence-electron chi connectivity index (χ3n) is 10.4. The van der Waals surface area contributed by atoms with Crippen LogP contribution >= 0.6 is 0 Å². The van der Waals surface area contributed by atoms with E-state index in [4.69, 9.17) is 0 Å². The topological polar surface area (TPSA) is 58.3 Å². The Hall–Kier alpha value is -1.13. The van der Waals surface area contributed by atoms with Crippen LogP contribution in [-0.2, 0) is 7.05 Å². The molecule has 2 N–H and O–H groups in total. The SMILES string of the molecule is Cc1nn(C)c(C)c1/C=C1/C[C@@H]2[C@H]3CC[C@H]4C[C@@H](O)CC[C@]4(C)[C@@H]3CC[C@]2(C)[C@H]1O. The Kier molecular flexibility index (Phi) is 4.80. The summed E-state index contributed by atoms with van der Waals surface area (Å²) in [5, 5.41) is 26.3. The molecule has 1 aromatic heterocycles. The number of hydrogen-bond donors (Lipinski definition) is 2. The number of aromatic nitrogens is 2. The van der Waals surface area contributed by atoms with Crippen molar-refractivity contribution in [1.82, 2.24) is 9.78 Å². The van der Waals surface area contributed by atoms with Crippen LogP contribution in [0.2, 0.25) is 0 Å². The molecule has 4 aliphatic carbocycles. The average molecular weight is 413 g/mol. The van der Waals surface area contributed by atoms with Crippen LogP contribution in [-0.4, -0.2) is 32.2 Å². The van der Waals surface area contributed by atoms with Crippen LogP contribution in [0.15, 0.2) is 5.57 Å². The van der Waals surface area contributed by atoms with Gasteiger partial charge in [0.25, 0.3) is 0 Å². The lowest BCUT2D eigenvalue weighted by Crippen LogP contribution is -2.54. The molecule has 0 spiro atoms. The van der Waals surface area contributed by atoms with Crippen molar-refractivity contribution in [3.05, 3.63) is 22.5 Å². The van der Waals surface area contributed by atoms with E-state index >= 15 is 0 Å². The molecule has 1 heterocycles. The Labute approximate surface area is 181 Å². The van der Waals surface area contributed by atoms with Gasteiger partial charge >= 0.3 is 0 Å². The maximum atomic E-state index is 11.5. The first-order valence-corrected chi connectivity index (χ1v) is 12.2. The fourth-order valence-corrected chi connectivity index (χ4v) is 8.42. The minimum atomic E-state index is -0.332. The van der Waals surface area contributed by atoms with Crippen molar-refractivity contribution in [3.8, 4) is 0 Å². The van der Waals surface area contributed by atoms with E-state index < -0.39 is 0 Å². The van der Waals surface area contributed by atoms with Crippen LogP contribution in [0.3, 0.4) is 0 Å². The van der Waals surface area contributed by atoms with Gasteiger partial charge in [-0.3, -0.25) is 4.68 Å². The number of aryl methyl sites for hydroxylation is 2. The van der Waals surface area contributed by atoms with E-state index in [0.717, 1.165) is 43.2 Å². The maximum Gasteiger partial charge on any atom is 0.0809 e. The molecule has 30 heavy (non-hydrogen) atoms. The predicted molar refractivity (Wildman–Crippen MR) is 120 cm³/mol. The van der Waals surface area contributed by atoms with Gasteiger partial charge in [-0.2, -0.15) is 5.10 Å². The summed E-state index contributed by atoms with van der Waals surface area (Å²) in [6.07, 6.45) is 11.0. The predicted octanol–water partition coefficient (Wildman–Crippen LogP) is 4.79. The highest BCUT2D eigenvalue weighted by Crippen LogP contribution is 2.67. The quantitative estimate of drug-likeness (QED) is 0.697. The van der Waals surface area contributed by atoms with Gasteiger partial charge in [0.2, 0.25) is 0 Å². The number of fused-ring (bicyclic) bond motifs is 5. The zero-order chi connectivity index (χ0) is 21.4. The average Bonchev–Trinajstić information content (AvgIpc) is 3.10. The lowest BCUT2D eigenvalue weighted by atomic mass is 9.45. The molecule has 4 aliphatic rings. The molecule has 0 aromatic carbocycles. The number of aliphatic hydroxyl groups is 2. The summed E-state index contributed by atoms with van der Waals surface area (Å²) < 4.78 is 1.95. The van der Waals surface area contributed by atoms with Gasteiger partial charge in [0, 0.05) is 23.7 Å². The van der Waals surface area contributed by atoms with Crippen molar-refractivity contribution in [2.75, 3.05) is 0 Å². The summed E-state index contributed by atoms with van der Waals surface area (Å²) in [5.41, 5.74) is 5.06. The molecule has 0 saturated heterocycles. The van der Waals surface area contributed by atoms with E-state index in [0.29, 0.717) is 17.3 Å². The van der Waals surface area contributed by atoms with E-state index in [2.05, 4.69) is 38.9 Å². The van der Waals surface area contributed by atoms with Gasteiger partial charge in [-0.25, -0.2) is 0 Å². The second kappa shape index (κ2) is 6.93. The number of nitrogens with zero attached hydrogens (tertiary/aromatic N) is 2. The van der Waals surface area contributed by atoms with Crippen LogP contribution in [0.5, 0.6) is 0 Å². The normalized spacial score (nSPS) is 47.1. The molecule has 4 fully saturated rings. The first kappa shape index (κ1) is 20.8. The van der Waals surface area contributed by atoms with Crippen molar-refractivity contribution >= 4 is 6.08 Å². The lowest BCUT2D eigenvalue weighted by molar-refractivity contribution is -0.133. The van der Waals surface area contributed by atoms with Gasteiger partial charge in [0.15, 0.2) is 0 Å². The largest absolute Gasteiger partial charge is 0.393 e. The van der Waals surface area contributed by atoms with E-state index in [1.807, 2.05) is 11.7 Å². The summed E-state index contributed by atoms with van der Waals surface area (Å²) in [7, 11) is 2.00. The maximum absolute atomic E-state index is 11.5. The Morgan fingerprint density at radius 3 is 2.43 bits per heavy atom. The number of aliphatic hydroxyl groups excluding tert-OH is 2. The minimum Gasteiger partial charge on any atom is -0.393 e. The van der Waals surface area contributed by atoms with Gasteiger partial charge in [0.05, 0.1) is 17.9 Å². The molecule has 166 valence electrons. The summed E-state index contributed by atoms with van der Waals surface area (Å²) in [6, 6.07) is 0. The molecular formula is C26H40N2O2. The third kappa shape index (κ3) is 2.82. The minimum absolute atomic E-state index is 0.00833. The van der Waals surface area contributed by atoms with E-state index in [1.165, 1.54) is 42.5 Å². The van der Waals surface area contributed by atoms with Crippen LogP contribution in [0, 0.1) is 48.3 Å². The molecule has 4 heteroatoms. The molecule has 4 nitrogen and oxygen atoms in total. The molecular weight excluding hydrogens is 372 g/mol. The zero-order valence-corrected chi connectivity index (χ0v) is 19.5. The highest BCUT2D eigenvalue weighted by atomic mass is 16.3. The molecule has 0 amide bonds. The molecule has 8 atom stereocenters. The van der Waals surface area contributed by atoms with E-state index in [1.54, 1.807) is 0 Å². The summed E-state index contributed by atoms with van der Waals surface area (Å²) in [6.45, 7) is 9.10.